The molecule has 0 aliphatic heterocycles. The molecule has 0 atom stereocenters. The Morgan fingerprint density at radius 2 is 2.06 bits per heavy atom. The van der Waals surface area contributed by atoms with Crippen LogP contribution in [0.3, 0.4) is 0 Å². The fourth-order valence-electron chi connectivity index (χ4n) is 1.59. The van der Waals surface area contributed by atoms with Crippen LogP contribution in [0.25, 0.3) is 0 Å². The molecule has 0 unspecified atom stereocenters. The predicted molar refractivity (Wildman–Crippen MR) is 71.2 cm³/mol. The Balaban J connectivity index is 1.87. The molecule has 3 nitrogen and oxygen atoms in total. The summed E-state index contributed by atoms with van der Waals surface area (Å²) in [5, 5.41) is 2.98. The highest BCUT2D eigenvalue weighted by Crippen LogP contribution is 2.19. The van der Waals surface area contributed by atoms with Gasteiger partial charge >= 0.3 is 6.03 Å². The maximum atomic E-state index is 11.7. The average Bonchev–Trinajstić information content (AvgIpc) is 3.14. The summed E-state index contributed by atoms with van der Waals surface area (Å²) >= 11 is 1.73. The monoisotopic (exact) mass is 250 g/mol. The van der Waals surface area contributed by atoms with Crippen molar-refractivity contribution in [3.05, 3.63) is 29.8 Å². The van der Waals surface area contributed by atoms with Crippen molar-refractivity contribution in [3.8, 4) is 0 Å². The van der Waals surface area contributed by atoms with E-state index in [1.165, 1.54) is 4.90 Å². The number of nitrogens with zero attached hydrogens (tertiary/aromatic N) is 1. The van der Waals surface area contributed by atoms with Crippen molar-refractivity contribution in [2.45, 2.75) is 30.3 Å². The van der Waals surface area contributed by atoms with Crippen molar-refractivity contribution in [1.82, 2.24) is 10.2 Å². The summed E-state index contributed by atoms with van der Waals surface area (Å²) in [6, 6.07) is 8.78. The minimum atomic E-state index is 0.0291. The third kappa shape index (κ3) is 3.66. The fraction of sp³-hybridized carbons (Fsp3) is 0.462. The van der Waals surface area contributed by atoms with Crippen molar-refractivity contribution < 1.29 is 4.79 Å². The summed E-state index contributed by atoms with van der Waals surface area (Å²) in [4.78, 5) is 14.7. The molecule has 1 aliphatic rings. The maximum Gasteiger partial charge on any atom is 0.317 e. The Kier molecular flexibility index (Phi) is 3.94. The second kappa shape index (κ2) is 5.45. The third-order valence-corrected chi connectivity index (χ3v) is 3.57. The van der Waals surface area contributed by atoms with E-state index in [0.717, 1.165) is 18.4 Å². The lowest BCUT2D eigenvalue weighted by Gasteiger charge is -2.18. The van der Waals surface area contributed by atoms with Crippen LogP contribution in [0.1, 0.15) is 18.4 Å². The number of hydrogen-bond donors (Lipinski definition) is 1. The number of amides is 2. The zero-order valence-electron chi connectivity index (χ0n) is 10.3. The summed E-state index contributed by atoms with van der Waals surface area (Å²) < 4.78 is 0. The highest BCUT2D eigenvalue weighted by molar-refractivity contribution is 7.98. The first-order valence-electron chi connectivity index (χ1n) is 5.83. The largest absolute Gasteiger partial charge is 0.335 e. The van der Waals surface area contributed by atoms with Gasteiger partial charge in [-0.3, -0.25) is 0 Å². The molecule has 92 valence electrons. The molecular weight excluding hydrogens is 232 g/mol. The second-order valence-corrected chi connectivity index (χ2v) is 5.31. The molecular formula is C13H18N2OS. The Hall–Kier alpha value is -1.16. The lowest BCUT2D eigenvalue weighted by Crippen LogP contribution is -2.37. The van der Waals surface area contributed by atoms with Crippen molar-refractivity contribution in [2.24, 2.45) is 0 Å². The molecule has 0 saturated heterocycles. The molecule has 1 aromatic rings. The van der Waals surface area contributed by atoms with Gasteiger partial charge in [0.15, 0.2) is 0 Å². The van der Waals surface area contributed by atoms with Crippen LogP contribution in [-0.4, -0.2) is 30.3 Å². The maximum absolute atomic E-state index is 11.7. The predicted octanol–water partition coefficient (Wildman–Crippen LogP) is 2.71. The molecule has 0 aromatic heterocycles. The number of rotatable bonds is 4. The van der Waals surface area contributed by atoms with Crippen LogP contribution >= 0.6 is 11.8 Å². The van der Waals surface area contributed by atoms with E-state index in [2.05, 4.69) is 35.8 Å². The van der Waals surface area contributed by atoms with E-state index in [1.54, 1.807) is 16.7 Å². The van der Waals surface area contributed by atoms with Gasteiger partial charge in [-0.15, -0.1) is 11.8 Å². The van der Waals surface area contributed by atoms with Gasteiger partial charge in [0.1, 0.15) is 0 Å². The number of urea groups is 1. The van der Waals surface area contributed by atoms with Crippen molar-refractivity contribution >= 4 is 17.8 Å². The minimum Gasteiger partial charge on any atom is -0.335 e. The number of carbonyl (C=O) groups is 1. The zero-order chi connectivity index (χ0) is 12.3. The highest BCUT2D eigenvalue weighted by Gasteiger charge is 2.24. The topological polar surface area (TPSA) is 32.3 Å². The number of carbonyl (C=O) groups excluding carboxylic acids is 1. The smallest absolute Gasteiger partial charge is 0.317 e. The standard InChI is InChI=1S/C13H18N2OS/c1-15(13(16)14-11-5-6-11)9-10-3-7-12(17-2)8-4-10/h3-4,7-8,11H,5-6,9H2,1-2H3,(H,14,16). The van der Waals surface area contributed by atoms with Crippen LogP contribution in [-0.2, 0) is 6.54 Å². The van der Waals surface area contributed by atoms with E-state index in [1.807, 2.05) is 7.05 Å². The molecule has 17 heavy (non-hydrogen) atoms. The summed E-state index contributed by atoms with van der Waals surface area (Å²) in [5.41, 5.74) is 1.16. The van der Waals surface area contributed by atoms with E-state index in [9.17, 15) is 4.79 Å². The first kappa shape index (κ1) is 12.3. The van der Waals surface area contributed by atoms with Gasteiger partial charge in [0, 0.05) is 24.5 Å². The van der Waals surface area contributed by atoms with Crippen LogP contribution < -0.4 is 5.32 Å². The molecule has 1 aliphatic carbocycles. The quantitative estimate of drug-likeness (QED) is 0.833. The molecule has 0 spiro atoms. The molecule has 2 rings (SSSR count). The first-order valence-corrected chi connectivity index (χ1v) is 7.06. The lowest BCUT2D eigenvalue weighted by molar-refractivity contribution is 0.206. The minimum absolute atomic E-state index is 0.0291. The van der Waals surface area contributed by atoms with Gasteiger partial charge in [0.2, 0.25) is 0 Å². The van der Waals surface area contributed by atoms with Crippen LogP contribution in [0.2, 0.25) is 0 Å². The van der Waals surface area contributed by atoms with Crippen LogP contribution in [0, 0.1) is 0 Å². The fourth-order valence-corrected chi connectivity index (χ4v) is 2.00. The summed E-state index contributed by atoms with van der Waals surface area (Å²) in [5.74, 6) is 0. The highest BCUT2D eigenvalue weighted by atomic mass is 32.2. The second-order valence-electron chi connectivity index (χ2n) is 4.43. The van der Waals surface area contributed by atoms with Gasteiger partial charge < -0.3 is 10.2 Å². The summed E-state index contributed by atoms with van der Waals surface area (Å²) in [7, 11) is 1.83. The number of hydrogen-bond acceptors (Lipinski definition) is 2. The van der Waals surface area contributed by atoms with Gasteiger partial charge in [0.25, 0.3) is 0 Å². The number of benzene rings is 1. The van der Waals surface area contributed by atoms with Crippen LogP contribution in [0.15, 0.2) is 29.2 Å². The van der Waals surface area contributed by atoms with Gasteiger partial charge in [0.05, 0.1) is 0 Å². The van der Waals surface area contributed by atoms with Gasteiger partial charge in [-0.2, -0.15) is 0 Å². The first-order chi connectivity index (χ1) is 8.19. The molecule has 1 aromatic carbocycles. The van der Waals surface area contributed by atoms with Crippen molar-refractivity contribution in [2.75, 3.05) is 13.3 Å². The molecule has 1 saturated carbocycles. The van der Waals surface area contributed by atoms with E-state index in [-0.39, 0.29) is 6.03 Å². The summed E-state index contributed by atoms with van der Waals surface area (Å²) in [6.45, 7) is 0.660. The third-order valence-electron chi connectivity index (χ3n) is 2.83. The summed E-state index contributed by atoms with van der Waals surface area (Å²) in [6.07, 6.45) is 4.31. The van der Waals surface area contributed by atoms with Gasteiger partial charge in [-0.1, -0.05) is 12.1 Å². The molecule has 0 bridgehead atoms. The van der Waals surface area contributed by atoms with Gasteiger partial charge in [-0.05, 0) is 36.8 Å². The zero-order valence-corrected chi connectivity index (χ0v) is 11.1. The SMILES string of the molecule is CSc1ccc(CN(C)C(=O)NC2CC2)cc1. The molecule has 4 heteroatoms. The molecule has 1 fully saturated rings. The van der Waals surface area contributed by atoms with E-state index in [4.69, 9.17) is 0 Å². The Morgan fingerprint density at radius 3 is 2.59 bits per heavy atom. The Labute approximate surface area is 107 Å². The molecule has 1 N–H and O–H groups in total. The average molecular weight is 250 g/mol. The van der Waals surface area contributed by atoms with E-state index < -0.39 is 0 Å². The van der Waals surface area contributed by atoms with Gasteiger partial charge in [-0.25, -0.2) is 4.79 Å². The normalized spacial score (nSPS) is 14.5. The number of thioether (sulfide) groups is 1. The Morgan fingerprint density at radius 1 is 1.41 bits per heavy atom. The van der Waals surface area contributed by atoms with Crippen molar-refractivity contribution in [3.63, 3.8) is 0 Å². The van der Waals surface area contributed by atoms with Crippen LogP contribution in [0.4, 0.5) is 4.79 Å². The molecule has 0 heterocycles. The van der Waals surface area contributed by atoms with Crippen molar-refractivity contribution in [1.29, 1.82) is 0 Å². The molecule has 0 radical (unpaired) electrons. The lowest BCUT2D eigenvalue weighted by atomic mass is 10.2. The molecule has 2 amide bonds. The van der Waals surface area contributed by atoms with Crippen LogP contribution in [0.5, 0.6) is 0 Å². The van der Waals surface area contributed by atoms with E-state index >= 15 is 0 Å². The number of nitrogens with one attached hydrogen (secondary N) is 1. The van der Waals surface area contributed by atoms with E-state index in [0.29, 0.717) is 12.6 Å². The Bertz CT molecular complexity index is 387.